The van der Waals surface area contributed by atoms with Crippen molar-refractivity contribution < 1.29 is 9.53 Å². The van der Waals surface area contributed by atoms with Crippen LogP contribution < -0.4 is 10.2 Å². The Hall–Kier alpha value is -3.58. The first-order chi connectivity index (χ1) is 13.7. The van der Waals surface area contributed by atoms with Crippen LogP contribution >= 0.6 is 11.6 Å². The van der Waals surface area contributed by atoms with Gasteiger partial charge in [0, 0.05) is 36.6 Å². The fraction of sp³-hybridized carbons (Fsp3) is 0.0500. The van der Waals surface area contributed by atoms with Crippen molar-refractivity contribution in [2.24, 2.45) is 10.1 Å². The highest BCUT2D eigenvalue weighted by Gasteiger charge is 2.06. The fourth-order valence-electron chi connectivity index (χ4n) is 2.08. The molecule has 1 aromatic carbocycles. The van der Waals surface area contributed by atoms with E-state index in [4.69, 9.17) is 16.3 Å². The lowest BCUT2D eigenvalue weighted by atomic mass is 10.3. The fourth-order valence-corrected chi connectivity index (χ4v) is 2.27. The third-order valence-corrected chi connectivity index (χ3v) is 3.80. The molecule has 0 aliphatic carbocycles. The number of para-hydroxylation sites is 1. The van der Waals surface area contributed by atoms with Gasteiger partial charge < -0.3 is 4.74 Å². The maximum atomic E-state index is 12.2. The Kier molecular flexibility index (Phi) is 6.81. The number of hydrogen-bond acceptors (Lipinski definition) is 5. The van der Waals surface area contributed by atoms with Gasteiger partial charge in [-0.2, -0.15) is 5.10 Å². The zero-order valence-electron chi connectivity index (χ0n) is 14.7. The molecule has 8 heteroatoms. The van der Waals surface area contributed by atoms with Crippen LogP contribution in [0.5, 0.6) is 5.75 Å². The van der Waals surface area contributed by atoms with Gasteiger partial charge in [0.2, 0.25) is 0 Å². The number of hydrazone groups is 1. The summed E-state index contributed by atoms with van der Waals surface area (Å²) >= 11 is 6.10. The molecule has 2 heterocycles. The standard InChI is InChI=1S/C20H16ClN5O2/c21-17-3-1-2-4-18(17)28-14-19(24-13-15-5-9-22-10-6-15)25-26-20(27)16-7-11-23-12-8-16/h1-13H,14H2,(H,26,27)/b24-13?,25-19-. The minimum Gasteiger partial charge on any atom is -0.484 e. The molecule has 0 unspecified atom stereocenters. The first-order valence-electron chi connectivity index (χ1n) is 8.31. The number of nitrogens with zero attached hydrogens (tertiary/aromatic N) is 4. The molecule has 0 fully saturated rings. The predicted molar refractivity (Wildman–Crippen MR) is 108 cm³/mol. The number of benzene rings is 1. The Morgan fingerprint density at radius 2 is 1.71 bits per heavy atom. The van der Waals surface area contributed by atoms with E-state index < -0.39 is 0 Å². The summed E-state index contributed by atoms with van der Waals surface area (Å²) in [6.07, 6.45) is 7.98. The molecule has 1 N–H and O–H groups in total. The summed E-state index contributed by atoms with van der Waals surface area (Å²) in [5.41, 5.74) is 3.74. The second-order valence-electron chi connectivity index (χ2n) is 5.46. The smallest absolute Gasteiger partial charge is 0.271 e. The largest absolute Gasteiger partial charge is 0.484 e. The van der Waals surface area contributed by atoms with Gasteiger partial charge in [0.15, 0.2) is 5.84 Å². The van der Waals surface area contributed by atoms with Crippen LogP contribution in [0, 0.1) is 0 Å². The van der Waals surface area contributed by atoms with Crippen LogP contribution in [-0.4, -0.2) is 34.5 Å². The van der Waals surface area contributed by atoms with Crippen LogP contribution in [0.4, 0.5) is 0 Å². The molecule has 0 spiro atoms. The van der Waals surface area contributed by atoms with Gasteiger partial charge in [-0.15, -0.1) is 0 Å². The molecule has 7 nitrogen and oxygen atoms in total. The average molecular weight is 394 g/mol. The highest BCUT2D eigenvalue weighted by Crippen LogP contribution is 2.22. The maximum absolute atomic E-state index is 12.2. The number of amides is 1. The van der Waals surface area contributed by atoms with E-state index in [1.807, 2.05) is 6.07 Å². The summed E-state index contributed by atoms with van der Waals surface area (Å²) in [5.74, 6) is 0.382. The van der Waals surface area contributed by atoms with Gasteiger partial charge in [-0.05, 0) is 42.0 Å². The van der Waals surface area contributed by atoms with Crippen molar-refractivity contribution in [1.29, 1.82) is 0 Å². The Labute approximate surface area is 166 Å². The van der Waals surface area contributed by atoms with Crippen molar-refractivity contribution in [3.63, 3.8) is 0 Å². The van der Waals surface area contributed by atoms with E-state index in [2.05, 4.69) is 25.5 Å². The number of aromatic nitrogens is 2. The Morgan fingerprint density at radius 3 is 2.43 bits per heavy atom. The van der Waals surface area contributed by atoms with Crippen LogP contribution in [0.2, 0.25) is 5.02 Å². The van der Waals surface area contributed by atoms with Crippen LogP contribution in [0.1, 0.15) is 15.9 Å². The van der Waals surface area contributed by atoms with E-state index in [-0.39, 0.29) is 18.3 Å². The van der Waals surface area contributed by atoms with Crippen molar-refractivity contribution in [2.45, 2.75) is 0 Å². The number of amidine groups is 1. The van der Waals surface area contributed by atoms with E-state index in [0.717, 1.165) is 5.56 Å². The number of carbonyl (C=O) groups excluding carboxylic acids is 1. The van der Waals surface area contributed by atoms with Gasteiger partial charge in [0.25, 0.3) is 5.91 Å². The summed E-state index contributed by atoms with van der Waals surface area (Å²) in [6, 6.07) is 13.8. The molecule has 3 aromatic rings. The highest BCUT2D eigenvalue weighted by molar-refractivity contribution is 6.32. The predicted octanol–water partition coefficient (Wildman–Crippen LogP) is 3.37. The molecule has 0 aliphatic heterocycles. The lowest BCUT2D eigenvalue weighted by Gasteiger charge is -2.08. The van der Waals surface area contributed by atoms with E-state index in [0.29, 0.717) is 16.3 Å². The number of pyridine rings is 2. The minimum absolute atomic E-state index is 0.0158. The number of carbonyl (C=O) groups is 1. The number of aliphatic imine (C=N–C) groups is 1. The lowest BCUT2D eigenvalue weighted by Crippen LogP contribution is -2.21. The number of halogens is 1. The SMILES string of the molecule is O=C(N/N=C(/COc1ccccc1Cl)N=Cc1ccncc1)c1ccncc1. The van der Waals surface area contributed by atoms with Crippen LogP contribution in [0.3, 0.4) is 0 Å². The average Bonchev–Trinajstić information content (AvgIpc) is 2.75. The van der Waals surface area contributed by atoms with Gasteiger partial charge in [0.1, 0.15) is 12.4 Å². The maximum Gasteiger partial charge on any atom is 0.271 e. The molecule has 0 saturated heterocycles. The summed E-state index contributed by atoms with van der Waals surface area (Å²) in [6.45, 7) is 0.0158. The number of hydrogen-bond donors (Lipinski definition) is 1. The zero-order valence-corrected chi connectivity index (χ0v) is 15.5. The van der Waals surface area contributed by atoms with Crippen molar-refractivity contribution in [3.8, 4) is 5.75 Å². The van der Waals surface area contributed by atoms with E-state index in [1.54, 1.807) is 61.1 Å². The van der Waals surface area contributed by atoms with Crippen LogP contribution in [0.15, 0.2) is 83.4 Å². The Balaban J connectivity index is 1.74. The third kappa shape index (κ3) is 5.72. The molecule has 1 amide bonds. The van der Waals surface area contributed by atoms with Crippen molar-refractivity contribution in [3.05, 3.63) is 89.5 Å². The van der Waals surface area contributed by atoms with E-state index in [9.17, 15) is 4.79 Å². The second kappa shape index (κ2) is 9.94. The summed E-state index contributed by atoms with van der Waals surface area (Å²) in [4.78, 5) is 24.3. The summed E-state index contributed by atoms with van der Waals surface area (Å²) < 4.78 is 5.68. The number of rotatable bonds is 6. The van der Waals surface area contributed by atoms with Gasteiger partial charge in [-0.3, -0.25) is 14.8 Å². The molecule has 140 valence electrons. The highest BCUT2D eigenvalue weighted by atomic mass is 35.5. The Morgan fingerprint density at radius 1 is 1.04 bits per heavy atom. The quantitative estimate of drug-likeness (QED) is 0.395. The minimum atomic E-state index is -0.378. The number of ether oxygens (including phenoxy) is 1. The van der Waals surface area contributed by atoms with Crippen LogP contribution in [0.25, 0.3) is 0 Å². The van der Waals surface area contributed by atoms with Crippen molar-refractivity contribution >= 4 is 29.6 Å². The van der Waals surface area contributed by atoms with Crippen molar-refractivity contribution in [2.75, 3.05) is 6.61 Å². The molecule has 0 bridgehead atoms. The lowest BCUT2D eigenvalue weighted by molar-refractivity contribution is 0.0954. The molecular weight excluding hydrogens is 378 g/mol. The third-order valence-electron chi connectivity index (χ3n) is 3.49. The monoisotopic (exact) mass is 393 g/mol. The van der Waals surface area contributed by atoms with Gasteiger partial charge in [-0.1, -0.05) is 23.7 Å². The normalized spacial score (nSPS) is 11.4. The van der Waals surface area contributed by atoms with E-state index >= 15 is 0 Å². The van der Waals surface area contributed by atoms with Gasteiger partial charge in [-0.25, -0.2) is 10.4 Å². The summed E-state index contributed by atoms with van der Waals surface area (Å²) in [7, 11) is 0. The molecule has 0 atom stereocenters. The molecule has 28 heavy (non-hydrogen) atoms. The second-order valence-corrected chi connectivity index (χ2v) is 5.87. The molecule has 0 aliphatic rings. The Bertz CT molecular complexity index is 978. The molecule has 0 saturated carbocycles. The first-order valence-corrected chi connectivity index (χ1v) is 8.68. The summed E-state index contributed by atoms with van der Waals surface area (Å²) in [5, 5.41) is 4.55. The van der Waals surface area contributed by atoms with Crippen molar-refractivity contribution in [1.82, 2.24) is 15.4 Å². The van der Waals surface area contributed by atoms with E-state index in [1.165, 1.54) is 12.4 Å². The zero-order chi connectivity index (χ0) is 19.6. The van der Waals surface area contributed by atoms with Gasteiger partial charge >= 0.3 is 0 Å². The molecule has 0 radical (unpaired) electrons. The van der Waals surface area contributed by atoms with Gasteiger partial charge in [0.05, 0.1) is 5.02 Å². The molecule has 2 aromatic heterocycles. The molecular formula is C20H16ClN5O2. The first kappa shape index (κ1) is 19.2. The van der Waals surface area contributed by atoms with Crippen LogP contribution in [-0.2, 0) is 0 Å². The number of nitrogens with one attached hydrogen (secondary N) is 1. The topological polar surface area (TPSA) is 88.8 Å². The molecule has 3 rings (SSSR count).